The predicted octanol–water partition coefficient (Wildman–Crippen LogP) is 2.10. The molecule has 1 fully saturated rings. The van der Waals surface area contributed by atoms with Gasteiger partial charge in [-0.25, -0.2) is 0 Å². The molecule has 0 heterocycles. The molecule has 2 atom stereocenters. The summed E-state index contributed by atoms with van der Waals surface area (Å²) in [5.74, 6) is 1.67. The van der Waals surface area contributed by atoms with Crippen molar-refractivity contribution in [2.75, 3.05) is 13.7 Å². The number of methoxy groups -OCH3 is 1. The lowest BCUT2D eigenvalue weighted by molar-refractivity contribution is 0.0597. The Balaban J connectivity index is 2.12. The molecular formula is C15H23NO3. The molecule has 19 heavy (non-hydrogen) atoms. The van der Waals surface area contributed by atoms with Crippen molar-refractivity contribution < 1.29 is 14.6 Å². The van der Waals surface area contributed by atoms with Crippen LogP contribution in [0, 0.1) is 0 Å². The first-order valence-electron chi connectivity index (χ1n) is 6.97. The minimum Gasteiger partial charge on any atom is -0.497 e. The summed E-state index contributed by atoms with van der Waals surface area (Å²) >= 11 is 0. The number of aliphatic hydroxyl groups is 1. The Morgan fingerprint density at radius 1 is 1.37 bits per heavy atom. The first kappa shape index (κ1) is 14.2. The highest BCUT2D eigenvalue weighted by Gasteiger charge is 2.27. The average molecular weight is 265 g/mol. The van der Waals surface area contributed by atoms with Gasteiger partial charge in [0.1, 0.15) is 17.6 Å². The Labute approximate surface area is 114 Å². The second-order valence-electron chi connectivity index (χ2n) is 4.91. The molecule has 1 aliphatic carbocycles. The van der Waals surface area contributed by atoms with Crippen molar-refractivity contribution in [1.29, 1.82) is 0 Å². The summed E-state index contributed by atoms with van der Waals surface area (Å²) < 4.78 is 11.2. The van der Waals surface area contributed by atoms with Gasteiger partial charge in [-0.05, 0) is 44.0 Å². The third kappa shape index (κ3) is 3.61. The summed E-state index contributed by atoms with van der Waals surface area (Å²) in [6.07, 6.45) is 2.38. The van der Waals surface area contributed by atoms with Crippen molar-refractivity contribution in [3.05, 3.63) is 23.8 Å². The Morgan fingerprint density at radius 2 is 2.21 bits per heavy atom. The van der Waals surface area contributed by atoms with Crippen molar-refractivity contribution in [3.8, 4) is 11.5 Å². The second kappa shape index (κ2) is 6.78. The van der Waals surface area contributed by atoms with Crippen molar-refractivity contribution in [2.24, 2.45) is 0 Å². The molecule has 2 rings (SSSR count). The molecule has 0 aliphatic heterocycles. The van der Waals surface area contributed by atoms with E-state index >= 15 is 0 Å². The van der Waals surface area contributed by atoms with Gasteiger partial charge in [0.25, 0.3) is 0 Å². The van der Waals surface area contributed by atoms with Crippen LogP contribution >= 0.6 is 0 Å². The molecule has 0 amide bonds. The molecule has 1 aliphatic rings. The zero-order valence-corrected chi connectivity index (χ0v) is 11.7. The summed E-state index contributed by atoms with van der Waals surface area (Å²) in [5.41, 5.74) is 1.07. The predicted molar refractivity (Wildman–Crippen MR) is 74.6 cm³/mol. The van der Waals surface area contributed by atoms with Gasteiger partial charge in [-0.2, -0.15) is 0 Å². The lowest BCUT2D eigenvalue weighted by Crippen LogP contribution is -2.26. The third-order valence-electron chi connectivity index (χ3n) is 3.53. The average Bonchev–Trinajstić information content (AvgIpc) is 2.83. The van der Waals surface area contributed by atoms with Crippen LogP contribution < -0.4 is 14.8 Å². The maximum Gasteiger partial charge on any atom is 0.124 e. The molecule has 106 valence electrons. The van der Waals surface area contributed by atoms with E-state index in [-0.39, 0.29) is 12.2 Å². The zero-order chi connectivity index (χ0) is 13.7. The molecule has 4 heteroatoms. The summed E-state index contributed by atoms with van der Waals surface area (Å²) in [7, 11) is 1.66. The highest BCUT2D eigenvalue weighted by molar-refractivity contribution is 5.40. The van der Waals surface area contributed by atoms with Gasteiger partial charge >= 0.3 is 0 Å². The molecular weight excluding hydrogens is 242 g/mol. The van der Waals surface area contributed by atoms with Crippen LogP contribution in [0.5, 0.6) is 11.5 Å². The molecule has 0 aromatic heterocycles. The van der Waals surface area contributed by atoms with Gasteiger partial charge in [0, 0.05) is 12.1 Å². The van der Waals surface area contributed by atoms with E-state index < -0.39 is 0 Å². The fraction of sp³-hybridized carbons (Fsp3) is 0.600. The SMILES string of the molecule is CCNCc1cc(OC)ccc1OC1CCCC1O. The number of ether oxygens (including phenoxy) is 2. The lowest BCUT2D eigenvalue weighted by atomic mass is 10.1. The fourth-order valence-corrected chi connectivity index (χ4v) is 2.40. The quantitative estimate of drug-likeness (QED) is 0.827. The van der Waals surface area contributed by atoms with Crippen LogP contribution in [0.15, 0.2) is 18.2 Å². The number of benzene rings is 1. The van der Waals surface area contributed by atoms with E-state index in [2.05, 4.69) is 12.2 Å². The van der Waals surface area contributed by atoms with Gasteiger partial charge in [-0.1, -0.05) is 6.92 Å². The Hall–Kier alpha value is -1.26. The minimum atomic E-state index is -0.339. The summed E-state index contributed by atoms with van der Waals surface area (Å²) in [6.45, 7) is 3.72. The normalized spacial score (nSPS) is 22.5. The Morgan fingerprint density at radius 3 is 2.84 bits per heavy atom. The molecule has 0 spiro atoms. The van der Waals surface area contributed by atoms with E-state index in [1.54, 1.807) is 7.11 Å². The van der Waals surface area contributed by atoms with Crippen molar-refractivity contribution in [3.63, 3.8) is 0 Å². The number of aliphatic hydroxyl groups excluding tert-OH is 1. The lowest BCUT2D eigenvalue weighted by Gasteiger charge is -2.20. The van der Waals surface area contributed by atoms with Gasteiger partial charge < -0.3 is 19.9 Å². The van der Waals surface area contributed by atoms with Crippen molar-refractivity contribution in [2.45, 2.75) is 44.9 Å². The smallest absolute Gasteiger partial charge is 0.124 e. The molecule has 1 saturated carbocycles. The summed E-state index contributed by atoms with van der Waals surface area (Å²) in [4.78, 5) is 0. The molecule has 2 N–H and O–H groups in total. The highest BCUT2D eigenvalue weighted by Crippen LogP contribution is 2.29. The van der Waals surface area contributed by atoms with Gasteiger partial charge in [0.2, 0.25) is 0 Å². The highest BCUT2D eigenvalue weighted by atomic mass is 16.5. The zero-order valence-electron chi connectivity index (χ0n) is 11.7. The van der Waals surface area contributed by atoms with Gasteiger partial charge in [-0.15, -0.1) is 0 Å². The van der Waals surface area contributed by atoms with Crippen LogP contribution in [0.2, 0.25) is 0 Å². The molecule has 0 saturated heterocycles. The van der Waals surface area contributed by atoms with Gasteiger partial charge in [-0.3, -0.25) is 0 Å². The number of hydrogen-bond donors (Lipinski definition) is 2. The number of rotatable bonds is 6. The van der Waals surface area contributed by atoms with E-state index in [1.807, 2.05) is 18.2 Å². The van der Waals surface area contributed by atoms with Crippen LogP contribution in [-0.4, -0.2) is 31.0 Å². The van der Waals surface area contributed by atoms with Crippen LogP contribution in [0.3, 0.4) is 0 Å². The van der Waals surface area contributed by atoms with Crippen LogP contribution in [0.4, 0.5) is 0 Å². The first-order valence-corrected chi connectivity index (χ1v) is 6.97. The van der Waals surface area contributed by atoms with E-state index in [0.29, 0.717) is 0 Å². The van der Waals surface area contributed by atoms with E-state index in [9.17, 15) is 5.11 Å². The van der Waals surface area contributed by atoms with Crippen LogP contribution in [-0.2, 0) is 6.54 Å². The Bertz CT molecular complexity index is 408. The fourth-order valence-electron chi connectivity index (χ4n) is 2.40. The first-order chi connectivity index (χ1) is 9.24. The molecule has 4 nitrogen and oxygen atoms in total. The topological polar surface area (TPSA) is 50.7 Å². The maximum atomic E-state index is 9.85. The molecule has 0 radical (unpaired) electrons. The van der Waals surface area contributed by atoms with Crippen LogP contribution in [0.25, 0.3) is 0 Å². The van der Waals surface area contributed by atoms with Gasteiger partial charge in [0.05, 0.1) is 13.2 Å². The van der Waals surface area contributed by atoms with Crippen LogP contribution in [0.1, 0.15) is 31.7 Å². The second-order valence-corrected chi connectivity index (χ2v) is 4.91. The number of nitrogens with one attached hydrogen (secondary N) is 1. The van der Waals surface area contributed by atoms with Crippen molar-refractivity contribution >= 4 is 0 Å². The largest absolute Gasteiger partial charge is 0.497 e. The van der Waals surface area contributed by atoms with E-state index in [4.69, 9.17) is 9.47 Å². The molecule has 0 bridgehead atoms. The Kier molecular flexibility index (Phi) is 5.05. The summed E-state index contributed by atoms with van der Waals surface area (Å²) in [6, 6.07) is 5.81. The number of hydrogen-bond acceptors (Lipinski definition) is 4. The van der Waals surface area contributed by atoms with E-state index in [0.717, 1.165) is 49.4 Å². The van der Waals surface area contributed by atoms with Crippen molar-refractivity contribution in [1.82, 2.24) is 5.32 Å². The van der Waals surface area contributed by atoms with Gasteiger partial charge in [0.15, 0.2) is 0 Å². The third-order valence-corrected chi connectivity index (χ3v) is 3.53. The van der Waals surface area contributed by atoms with E-state index in [1.165, 1.54) is 0 Å². The summed E-state index contributed by atoms with van der Waals surface area (Å²) in [5, 5.41) is 13.1. The minimum absolute atomic E-state index is 0.0752. The monoisotopic (exact) mass is 265 g/mol. The standard InChI is InChI=1S/C15H23NO3/c1-3-16-10-11-9-12(18-2)7-8-14(11)19-15-6-4-5-13(15)17/h7-9,13,15-17H,3-6,10H2,1-2H3. The molecule has 1 aromatic carbocycles. The maximum absolute atomic E-state index is 9.85. The molecule has 1 aromatic rings. The molecule has 2 unspecified atom stereocenters.